The Hall–Kier alpha value is -4.11. The topological polar surface area (TPSA) is 97.7 Å². The SMILES string of the molecule is COc1c(COC2CN(C(=O)O)CCC2c2ccc(OCC(O)COCc3ccccc3)cc2)ccc2ccccc12. The van der Waals surface area contributed by atoms with E-state index in [4.69, 9.17) is 18.9 Å². The van der Waals surface area contributed by atoms with Crippen molar-refractivity contribution in [1.82, 2.24) is 4.90 Å². The molecule has 3 atom stereocenters. The van der Waals surface area contributed by atoms with Gasteiger partial charge in [0, 0.05) is 23.4 Å². The van der Waals surface area contributed by atoms with Crippen LogP contribution >= 0.6 is 0 Å². The number of piperidine rings is 1. The molecule has 220 valence electrons. The molecule has 1 amide bonds. The number of hydrogen-bond acceptors (Lipinski definition) is 6. The number of methoxy groups -OCH3 is 1. The molecule has 0 spiro atoms. The number of aliphatic hydroxyl groups is 1. The van der Waals surface area contributed by atoms with E-state index in [9.17, 15) is 15.0 Å². The van der Waals surface area contributed by atoms with E-state index >= 15 is 0 Å². The Balaban J connectivity index is 1.20. The summed E-state index contributed by atoms with van der Waals surface area (Å²) in [7, 11) is 1.65. The van der Waals surface area contributed by atoms with E-state index in [1.54, 1.807) is 7.11 Å². The first-order valence-corrected chi connectivity index (χ1v) is 14.2. The van der Waals surface area contributed by atoms with Crippen LogP contribution in [0.15, 0.2) is 91.0 Å². The quantitative estimate of drug-likeness (QED) is 0.220. The lowest BCUT2D eigenvalue weighted by atomic mass is 9.87. The fourth-order valence-electron chi connectivity index (χ4n) is 5.42. The molecule has 1 heterocycles. The minimum atomic E-state index is -0.944. The Bertz CT molecular complexity index is 1440. The molecule has 1 fully saturated rings. The smallest absolute Gasteiger partial charge is 0.407 e. The van der Waals surface area contributed by atoms with Crippen molar-refractivity contribution in [2.24, 2.45) is 0 Å². The minimum Gasteiger partial charge on any atom is -0.496 e. The van der Waals surface area contributed by atoms with Crippen LogP contribution < -0.4 is 9.47 Å². The van der Waals surface area contributed by atoms with Crippen LogP contribution in [0.1, 0.15) is 29.0 Å². The van der Waals surface area contributed by atoms with Gasteiger partial charge in [-0.05, 0) is 35.1 Å². The van der Waals surface area contributed by atoms with Gasteiger partial charge in [-0.15, -0.1) is 0 Å². The highest BCUT2D eigenvalue weighted by molar-refractivity contribution is 5.89. The molecule has 4 aromatic rings. The number of carbonyl (C=O) groups is 1. The lowest BCUT2D eigenvalue weighted by molar-refractivity contribution is -0.0204. The fraction of sp³-hybridized carbons (Fsp3) is 0.324. The highest BCUT2D eigenvalue weighted by Gasteiger charge is 2.33. The average molecular weight is 572 g/mol. The van der Waals surface area contributed by atoms with Crippen molar-refractivity contribution in [3.8, 4) is 11.5 Å². The number of ether oxygens (including phenoxy) is 4. The zero-order valence-electron chi connectivity index (χ0n) is 23.7. The first-order chi connectivity index (χ1) is 20.5. The van der Waals surface area contributed by atoms with Crippen LogP contribution in [0, 0.1) is 0 Å². The summed E-state index contributed by atoms with van der Waals surface area (Å²) in [6.07, 6.45) is -1.39. The molecule has 1 aliphatic heterocycles. The maximum atomic E-state index is 11.8. The number of benzene rings is 4. The van der Waals surface area contributed by atoms with Crippen molar-refractivity contribution in [2.75, 3.05) is 33.4 Å². The number of hydrogen-bond donors (Lipinski definition) is 2. The molecule has 0 aliphatic carbocycles. The molecular weight excluding hydrogens is 534 g/mol. The lowest BCUT2D eigenvalue weighted by Crippen LogP contribution is -2.46. The second-order valence-electron chi connectivity index (χ2n) is 10.5. The molecule has 0 radical (unpaired) electrons. The summed E-state index contributed by atoms with van der Waals surface area (Å²) in [6, 6.07) is 29.6. The first kappa shape index (κ1) is 29.4. The molecule has 1 aliphatic rings. The third-order valence-electron chi connectivity index (χ3n) is 7.62. The summed E-state index contributed by atoms with van der Waals surface area (Å²) in [5.41, 5.74) is 3.01. The maximum absolute atomic E-state index is 11.8. The van der Waals surface area contributed by atoms with Gasteiger partial charge in [0.1, 0.15) is 24.2 Å². The Labute approximate surface area is 246 Å². The van der Waals surface area contributed by atoms with Crippen molar-refractivity contribution >= 4 is 16.9 Å². The van der Waals surface area contributed by atoms with Gasteiger partial charge in [0.15, 0.2) is 0 Å². The molecule has 1 saturated heterocycles. The van der Waals surface area contributed by atoms with Gasteiger partial charge in [-0.1, -0.05) is 78.9 Å². The molecule has 3 unspecified atom stereocenters. The van der Waals surface area contributed by atoms with Crippen LogP contribution in [-0.2, 0) is 22.7 Å². The van der Waals surface area contributed by atoms with E-state index in [-0.39, 0.29) is 31.8 Å². The molecule has 42 heavy (non-hydrogen) atoms. The lowest BCUT2D eigenvalue weighted by Gasteiger charge is -2.37. The Morgan fingerprint density at radius 3 is 2.45 bits per heavy atom. The van der Waals surface area contributed by atoms with E-state index in [1.165, 1.54) is 4.90 Å². The van der Waals surface area contributed by atoms with Crippen LogP contribution in [0.25, 0.3) is 10.8 Å². The van der Waals surface area contributed by atoms with E-state index in [1.807, 2.05) is 91.0 Å². The summed E-state index contributed by atoms with van der Waals surface area (Å²) in [5, 5.41) is 22.0. The van der Waals surface area contributed by atoms with E-state index in [2.05, 4.69) is 0 Å². The second-order valence-corrected chi connectivity index (χ2v) is 10.5. The van der Waals surface area contributed by atoms with Gasteiger partial charge in [0.25, 0.3) is 0 Å². The standard InChI is InChI=1S/C34H37NO7/c1-39-33-27(12-11-25-9-5-6-10-31(25)33)21-42-32-19-35(34(37)38)18-17-30(32)26-13-15-29(16-14-26)41-23-28(36)22-40-20-24-7-3-2-4-8-24/h2-16,28,30,32,36H,17-23H2,1H3,(H,37,38). The van der Waals surface area contributed by atoms with Crippen molar-refractivity contribution in [1.29, 1.82) is 0 Å². The Morgan fingerprint density at radius 1 is 0.929 bits per heavy atom. The summed E-state index contributed by atoms with van der Waals surface area (Å²) < 4.78 is 23.6. The van der Waals surface area contributed by atoms with Crippen LogP contribution in [0.5, 0.6) is 11.5 Å². The van der Waals surface area contributed by atoms with Crippen LogP contribution in [0.2, 0.25) is 0 Å². The molecule has 8 heteroatoms. The monoisotopic (exact) mass is 571 g/mol. The Morgan fingerprint density at radius 2 is 1.69 bits per heavy atom. The Kier molecular flexibility index (Phi) is 9.92. The van der Waals surface area contributed by atoms with Gasteiger partial charge in [0.2, 0.25) is 0 Å². The number of nitrogens with zero attached hydrogens (tertiary/aromatic N) is 1. The van der Waals surface area contributed by atoms with E-state index in [0.29, 0.717) is 31.9 Å². The number of aliphatic hydroxyl groups excluding tert-OH is 1. The summed E-state index contributed by atoms with van der Waals surface area (Å²) in [5.74, 6) is 1.42. The van der Waals surface area contributed by atoms with Crippen molar-refractivity contribution < 1.29 is 34.0 Å². The van der Waals surface area contributed by atoms with Crippen molar-refractivity contribution in [2.45, 2.75) is 37.8 Å². The van der Waals surface area contributed by atoms with Crippen LogP contribution in [0.3, 0.4) is 0 Å². The van der Waals surface area contributed by atoms with Gasteiger partial charge < -0.3 is 34.1 Å². The molecule has 0 aromatic heterocycles. The zero-order chi connectivity index (χ0) is 29.3. The predicted octanol–water partition coefficient (Wildman–Crippen LogP) is 5.86. The highest BCUT2D eigenvalue weighted by atomic mass is 16.5. The maximum Gasteiger partial charge on any atom is 0.407 e. The fourth-order valence-corrected chi connectivity index (χ4v) is 5.42. The number of rotatable bonds is 12. The number of carboxylic acid groups (broad SMARTS) is 1. The molecule has 8 nitrogen and oxygen atoms in total. The van der Waals surface area contributed by atoms with Gasteiger partial charge in [0.05, 0.1) is 39.6 Å². The third-order valence-corrected chi connectivity index (χ3v) is 7.62. The molecular formula is C34H37NO7. The summed E-state index contributed by atoms with van der Waals surface area (Å²) >= 11 is 0. The molecule has 0 saturated carbocycles. The first-order valence-electron chi connectivity index (χ1n) is 14.2. The minimum absolute atomic E-state index is 0.0121. The van der Waals surface area contributed by atoms with Gasteiger partial charge in [-0.3, -0.25) is 0 Å². The van der Waals surface area contributed by atoms with Crippen molar-refractivity contribution in [3.63, 3.8) is 0 Å². The highest BCUT2D eigenvalue weighted by Crippen LogP contribution is 2.34. The number of amides is 1. The van der Waals surface area contributed by atoms with Crippen molar-refractivity contribution in [3.05, 3.63) is 108 Å². The van der Waals surface area contributed by atoms with Crippen LogP contribution in [-0.4, -0.2) is 66.8 Å². The number of likely N-dealkylation sites (tertiary alicyclic amines) is 1. The van der Waals surface area contributed by atoms with E-state index in [0.717, 1.165) is 33.2 Å². The van der Waals surface area contributed by atoms with Gasteiger partial charge in [-0.2, -0.15) is 0 Å². The molecule has 0 bridgehead atoms. The average Bonchev–Trinajstić information content (AvgIpc) is 3.03. The zero-order valence-corrected chi connectivity index (χ0v) is 23.7. The molecule has 2 N–H and O–H groups in total. The van der Waals surface area contributed by atoms with E-state index < -0.39 is 12.2 Å². The second kappa shape index (κ2) is 14.2. The third kappa shape index (κ3) is 7.39. The van der Waals surface area contributed by atoms with Gasteiger partial charge >= 0.3 is 6.09 Å². The molecule has 4 aromatic carbocycles. The molecule has 5 rings (SSSR count). The summed E-state index contributed by atoms with van der Waals surface area (Å²) in [6.45, 7) is 1.74. The van der Waals surface area contributed by atoms with Crippen LogP contribution in [0.4, 0.5) is 4.79 Å². The summed E-state index contributed by atoms with van der Waals surface area (Å²) in [4.78, 5) is 13.2. The predicted molar refractivity (Wildman–Crippen MR) is 160 cm³/mol. The van der Waals surface area contributed by atoms with Gasteiger partial charge in [-0.25, -0.2) is 4.79 Å². The number of fused-ring (bicyclic) bond motifs is 1. The normalized spacial score (nSPS) is 17.6. The largest absolute Gasteiger partial charge is 0.496 e.